The van der Waals surface area contributed by atoms with E-state index in [2.05, 4.69) is 0 Å². The fraction of sp³-hybridized carbons (Fsp3) is 0.143. The molecule has 0 aromatic heterocycles. The SMILES string of the molecule is OC(Cc1ccc(F)cc1F)c1ccc(Cl)c(Cl)c1. The molecule has 1 nitrogen and oxygen atoms in total. The highest BCUT2D eigenvalue weighted by molar-refractivity contribution is 6.42. The summed E-state index contributed by atoms with van der Waals surface area (Å²) in [6.07, 6.45) is -0.904. The summed E-state index contributed by atoms with van der Waals surface area (Å²) >= 11 is 11.6. The molecule has 0 aliphatic rings. The van der Waals surface area contributed by atoms with Crippen molar-refractivity contribution in [1.29, 1.82) is 0 Å². The van der Waals surface area contributed by atoms with Crippen molar-refractivity contribution in [2.45, 2.75) is 12.5 Å². The Labute approximate surface area is 119 Å². The first kappa shape index (κ1) is 14.3. The number of benzene rings is 2. The standard InChI is InChI=1S/C14H10Cl2F2O/c15-11-4-2-9(5-12(11)16)14(19)6-8-1-3-10(17)7-13(8)18/h1-5,7,14,19H,6H2. The van der Waals surface area contributed by atoms with E-state index in [1.165, 1.54) is 12.1 Å². The Morgan fingerprint density at radius 1 is 1.00 bits per heavy atom. The van der Waals surface area contributed by atoms with Crippen LogP contribution in [0.3, 0.4) is 0 Å². The van der Waals surface area contributed by atoms with Crippen molar-refractivity contribution >= 4 is 23.2 Å². The van der Waals surface area contributed by atoms with Crippen molar-refractivity contribution < 1.29 is 13.9 Å². The van der Waals surface area contributed by atoms with E-state index in [9.17, 15) is 13.9 Å². The van der Waals surface area contributed by atoms with Crippen LogP contribution in [0.5, 0.6) is 0 Å². The van der Waals surface area contributed by atoms with Gasteiger partial charge in [0.1, 0.15) is 11.6 Å². The van der Waals surface area contributed by atoms with Gasteiger partial charge in [-0.1, -0.05) is 35.3 Å². The number of halogens is 4. The second-order valence-corrected chi connectivity index (χ2v) is 4.94. The lowest BCUT2D eigenvalue weighted by Crippen LogP contribution is -2.04. The molecule has 2 aromatic carbocycles. The highest BCUT2D eigenvalue weighted by Gasteiger charge is 2.13. The molecule has 1 unspecified atom stereocenters. The normalized spacial score (nSPS) is 12.5. The van der Waals surface area contributed by atoms with Crippen molar-refractivity contribution in [2.75, 3.05) is 0 Å². The van der Waals surface area contributed by atoms with Gasteiger partial charge < -0.3 is 5.11 Å². The van der Waals surface area contributed by atoms with Gasteiger partial charge in [-0.25, -0.2) is 8.78 Å². The predicted octanol–water partition coefficient (Wildman–Crippen LogP) is 4.55. The summed E-state index contributed by atoms with van der Waals surface area (Å²) in [4.78, 5) is 0. The molecule has 0 spiro atoms. The van der Waals surface area contributed by atoms with E-state index in [1.807, 2.05) is 0 Å². The van der Waals surface area contributed by atoms with Gasteiger partial charge in [-0.3, -0.25) is 0 Å². The van der Waals surface area contributed by atoms with Gasteiger partial charge in [-0.15, -0.1) is 0 Å². The van der Waals surface area contributed by atoms with Crippen LogP contribution in [0.1, 0.15) is 17.2 Å². The van der Waals surface area contributed by atoms with Gasteiger partial charge in [-0.2, -0.15) is 0 Å². The third kappa shape index (κ3) is 3.44. The van der Waals surface area contributed by atoms with E-state index in [1.54, 1.807) is 12.1 Å². The van der Waals surface area contributed by atoms with Crippen LogP contribution in [0.4, 0.5) is 8.78 Å². The Kier molecular flexibility index (Phi) is 4.40. The molecule has 0 radical (unpaired) electrons. The van der Waals surface area contributed by atoms with Gasteiger partial charge in [0.05, 0.1) is 16.1 Å². The maximum absolute atomic E-state index is 13.5. The van der Waals surface area contributed by atoms with Crippen LogP contribution in [0.25, 0.3) is 0 Å². The Morgan fingerprint density at radius 2 is 1.74 bits per heavy atom. The van der Waals surface area contributed by atoms with Crippen LogP contribution in [0.2, 0.25) is 10.0 Å². The number of hydrogen-bond acceptors (Lipinski definition) is 1. The van der Waals surface area contributed by atoms with E-state index < -0.39 is 17.7 Å². The van der Waals surface area contributed by atoms with E-state index in [-0.39, 0.29) is 12.0 Å². The molecule has 1 atom stereocenters. The molecule has 0 aliphatic carbocycles. The lowest BCUT2D eigenvalue weighted by atomic mass is 10.0. The van der Waals surface area contributed by atoms with Crippen LogP contribution in [0, 0.1) is 11.6 Å². The second-order valence-electron chi connectivity index (χ2n) is 4.13. The van der Waals surface area contributed by atoms with Crippen molar-refractivity contribution in [3.63, 3.8) is 0 Å². The molecule has 5 heteroatoms. The summed E-state index contributed by atoms with van der Waals surface area (Å²) in [5, 5.41) is 10.7. The first-order valence-electron chi connectivity index (χ1n) is 5.54. The molecule has 2 rings (SSSR count). The molecule has 0 saturated carbocycles. The molecule has 0 amide bonds. The average molecular weight is 303 g/mol. The van der Waals surface area contributed by atoms with Crippen molar-refractivity contribution in [2.24, 2.45) is 0 Å². The zero-order valence-corrected chi connectivity index (χ0v) is 11.2. The minimum atomic E-state index is -0.935. The van der Waals surface area contributed by atoms with Crippen molar-refractivity contribution in [3.8, 4) is 0 Å². The summed E-state index contributed by atoms with van der Waals surface area (Å²) < 4.78 is 26.2. The first-order chi connectivity index (χ1) is 8.97. The molecule has 0 saturated heterocycles. The Bertz CT molecular complexity index is 602. The van der Waals surface area contributed by atoms with E-state index in [0.717, 1.165) is 12.1 Å². The van der Waals surface area contributed by atoms with Gasteiger partial charge in [0.15, 0.2) is 0 Å². The molecular formula is C14H10Cl2F2O. The molecule has 19 heavy (non-hydrogen) atoms. The van der Waals surface area contributed by atoms with Crippen LogP contribution in [-0.2, 0) is 6.42 Å². The summed E-state index contributed by atoms with van der Waals surface area (Å²) in [7, 11) is 0. The molecule has 0 bridgehead atoms. The molecule has 100 valence electrons. The maximum atomic E-state index is 13.5. The minimum Gasteiger partial charge on any atom is -0.388 e. The Balaban J connectivity index is 2.20. The quantitative estimate of drug-likeness (QED) is 0.882. The Morgan fingerprint density at radius 3 is 2.37 bits per heavy atom. The number of aliphatic hydroxyl groups is 1. The average Bonchev–Trinajstić information content (AvgIpc) is 2.36. The highest BCUT2D eigenvalue weighted by atomic mass is 35.5. The Hall–Kier alpha value is -1.16. The number of rotatable bonds is 3. The minimum absolute atomic E-state index is 0.0318. The van der Waals surface area contributed by atoms with Crippen LogP contribution in [-0.4, -0.2) is 5.11 Å². The number of hydrogen-bond donors (Lipinski definition) is 1. The summed E-state index contributed by atoms with van der Waals surface area (Å²) in [5.74, 6) is -1.33. The highest BCUT2D eigenvalue weighted by Crippen LogP contribution is 2.27. The lowest BCUT2D eigenvalue weighted by molar-refractivity contribution is 0.177. The zero-order chi connectivity index (χ0) is 14.0. The van der Waals surface area contributed by atoms with Gasteiger partial charge in [0, 0.05) is 12.5 Å². The van der Waals surface area contributed by atoms with Crippen LogP contribution in [0.15, 0.2) is 36.4 Å². The topological polar surface area (TPSA) is 20.2 Å². The molecule has 0 heterocycles. The fourth-order valence-corrected chi connectivity index (χ4v) is 2.04. The summed E-state index contributed by atoms with van der Waals surface area (Å²) in [6, 6.07) is 7.95. The van der Waals surface area contributed by atoms with Crippen LogP contribution < -0.4 is 0 Å². The molecule has 0 aliphatic heterocycles. The largest absolute Gasteiger partial charge is 0.388 e. The van der Waals surface area contributed by atoms with E-state index >= 15 is 0 Å². The van der Waals surface area contributed by atoms with Gasteiger partial charge >= 0.3 is 0 Å². The lowest BCUT2D eigenvalue weighted by Gasteiger charge is -2.12. The summed E-state index contributed by atoms with van der Waals surface area (Å²) in [6.45, 7) is 0. The van der Waals surface area contributed by atoms with E-state index in [0.29, 0.717) is 15.6 Å². The molecular weight excluding hydrogens is 293 g/mol. The van der Waals surface area contributed by atoms with Crippen molar-refractivity contribution in [3.05, 3.63) is 69.2 Å². The van der Waals surface area contributed by atoms with Gasteiger partial charge in [-0.05, 0) is 29.3 Å². The van der Waals surface area contributed by atoms with Crippen molar-refractivity contribution in [1.82, 2.24) is 0 Å². The smallest absolute Gasteiger partial charge is 0.129 e. The van der Waals surface area contributed by atoms with Gasteiger partial charge in [0.25, 0.3) is 0 Å². The molecule has 2 aromatic rings. The molecule has 0 fully saturated rings. The second kappa shape index (κ2) is 5.87. The maximum Gasteiger partial charge on any atom is 0.129 e. The first-order valence-corrected chi connectivity index (χ1v) is 6.30. The predicted molar refractivity (Wildman–Crippen MR) is 71.5 cm³/mol. The van der Waals surface area contributed by atoms with Gasteiger partial charge in [0.2, 0.25) is 0 Å². The third-order valence-electron chi connectivity index (χ3n) is 2.76. The number of aliphatic hydroxyl groups excluding tert-OH is 1. The monoisotopic (exact) mass is 302 g/mol. The van der Waals surface area contributed by atoms with Crippen LogP contribution >= 0.6 is 23.2 Å². The molecule has 1 N–H and O–H groups in total. The summed E-state index contributed by atoms with van der Waals surface area (Å²) in [5.41, 5.74) is 0.762. The van der Waals surface area contributed by atoms with E-state index in [4.69, 9.17) is 23.2 Å². The zero-order valence-electron chi connectivity index (χ0n) is 9.71. The fourth-order valence-electron chi connectivity index (χ4n) is 1.73. The third-order valence-corrected chi connectivity index (χ3v) is 3.50.